The number of nitrogens with zero attached hydrogens (tertiary/aromatic N) is 1. The number of β-amino-alcohol motifs (C(OH)–C–C–N with tert-alkyl or cyclic N) is 1. The average Bonchev–Trinajstić information content (AvgIpc) is 2.52. The number of likely N-dealkylation sites (N-methyl/N-ethyl adjacent to an activating group) is 1. The quantitative estimate of drug-likeness (QED) is 0.915. The van der Waals surface area contributed by atoms with Crippen molar-refractivity contribution in [1.82, 2.24) is 4.90 Å². The van der Waals surface area contributed by atoms with E-state index in [1.807, 2.05) is 25.2 Å². The summed E-state index contributed by atoms with van der Waals surface area (Å²) in [6.07, 6.45) is 0.268. The minimum absolute atomic E-state index is 0.113. The lowest BCUT2D eigenvalue weighted by atomic mass is 9.87. The Morgan fingerprint density at radius 3 is 2.59 bits per heavy atom. The van der Waals surface area contributed by atoms with E-state index in [1.54, 1.807) is 12.1 Å². The predicted molar refractivity (Wildman–Crippen MR) is 85.1 cm³/mol. The molecule has 1 heterocycles. The van der Waals surface area contributed by atoms with Crippen molar-refractivity contribution < 1.29 is 14.9 Å². The topological polar surface area (TPSA) is 52.9 Å². The van der Waals surface area contributed by atoms with Crippen LogP contribution in [0.2, 0.25) is 0 Å². The van der Waals surface area contributed by atoms with E-state index in [1.165, 1.54) is 12.7 Å². The van der Waals surface area contributed by atoms with Crippen LogP contribution in [0.4, 0.5) is 0 Å². The summed E-state index contributed by atoms with van der Waals surface area (Å²) in [4.78, 5) is 2.13. The largest absolute Gasteiger partial charge is 0.504 e. The second-order valence-electron chi connectivity index (χ2n) is 5.81. The molecule has 0 amide bonds. The molecule has 116 valence electrons. The summed E-state index contributed by atoms with van der Waals surface area (Å²) in [7, 11) is 3.52. The van der Waals surface area contributed by atoms with Crippen molar-refractivity contribution in [2.75, 3.05) is 20.7 Å². The van der Waals surface area contributed by atoms with Crippen LogP contribution < -0.4 is 4.74 Å². The third-order valence-corrected chi connectivity index (χ3v) is 4.37. The molecule has 4 nitrogen and oxygen atoms in total. The van der Waals surface area contributed by atoms with Gasteiger partial charge in [-0.05, 0) is 42.3 Å². The van der Waals surface area contributed by atoms with Crippen molar-refractivity contribution in [3.8, 4) is 11.5 Å². The van der Waals surface area contributed by atoms with E-state index in [-0.39, 0.29) is 11.8 Å². The minimum Gasteiger partial charge on any atom is -0.504 e. The van der Waals surface area contributed by atoms with E-state index in [0.717, 1.165) is 17.5 Å². The van der Waals surface area contributed by atoms with Gasteiger partial charge in [0.2, 0.25) is 0 Å². The summed E-state index contributed by atoms with van der Waals surface area (Å²) >= 11 is 0. The van der Waals surface area contributed by atoms with Crippen LogP contribution in [0.15, 0.2) is 42.5 Å². The highest BCUT2D eigenvalue weighted by molar-refractivity contribution is 5.49. The molecule has 0 unspecified atom stereocenters. The van der Waals surface area contributed by atoms with Crippen molar-refractivity contribution in [2.24, 2.45) is 0 Å². The normalized spacial score (nSPS) is 21.4. The summed E-state index contributed by atoms with van der Waals surface area (Å²) in [5, 5.41) is 20.4. The number of hydrogen-bond donors (Lipinski definition) is 2. The second-order valence-corrected chi connectivity index (χ2v) is 5.81. The summed E-state index contributed by atoms with van der Waals surface area (Å²) in [5.41, 5.74) is 3.04. The lowest BCUT2D eigenvalue weighted by Gasteiger charge is -2.37. The lowest BCUT2D eigenvalue weighted by molar-refractivity contribution is 0.0832. The fourth-order valence-corrected chi connectivity index (χ4v) is 3.18. The standard InChI is InChI=1S/C18H21NO3/c1-19-11-17(21)14-10-18(22-2)16(20)9-13(14)15(19)8-12-6-4-3-5-7-12/h3-7,9-10,15,17,20-21H,8,11H2,1-2H3/t15-,17-/m1/s1. The molecule has 0 spiro atoms. The van der Waals surface area contributed by atoms with Gasteiger partial charge in [0, 0.05) is 12.6 Å². The first-order valence-electron chi connectivity index (χ1n) is 7.43. The van der Waals surface area contributed by atoms with Crippen molar-refractivity contribution in [3.63, 3.8) is 0 Å². The van der Waals surface area contributed by atoms with Crippen molar-refractivity contribution in [3.05, 3.63) is 59.2 Å². The smallest absolute Gasteiger partial charge is 0.160 e. The predicted octanol–water partition coefficient (Wildman–Crippen LogP) is 2.66. The summed E-state index contributed by atoms with van der Waals surface area (Å²) in [6, 6.07) is 13.9. The zero-order valence-corrected chi connectivity index (χ0v) is 12.9. The zero-order chi connectivity index (χ0) is 15.7. The Balaban J connectivity index is 2.01. The first-order valence-corrected chi connectivity index (χ1v) is 7.43. The number of aliphatic hydroxyl groups excluding tert-OH is 1. The molecule has 2 N–H and O–H groups in total. The van der Waals surface area contributed by atoms with Gasteiger partial charge in [-0.1, -0.05) is 30.3 Å². The SMILES string of the molecule is COc1cc2c(cc1O)[C@@H](Cc1ccccc1)N(C)C[C@H]2O. The van der Waals surface area contributed by atoms with Crippen LogP contribution in [-0.4, -0.2) is 35.8 Å². The maximum atomic E-state index is 10.3. The third kappa shape index (κ3) is 2.67. The Hall–Kier alpha value is -2.04. The van der Waals surface area contributed by atoms with Crippen molar-refractivity contribution in [1.29, 1.82) is 0 Å². The van der Waals surface area contributed by atoms with Crippen LogP contribution in [-0.2, 0) is 6.42 Å². The van der Waals surface area contributed by atoms with Gasteiger partial charge >= 0.3 is 0 Å². The first-order chi connectivity index (χ1) is 10.6. The van der Waals surface area contributed by atoms with E-state index in [9.17, 15) is 10.2 Å². The van der Waals surface area contributed by atoms with Crippen LogP contribution in [0.3, 0.4) is 0 Å². The molecule has 0 saturated carbocycles. The molecule has 0 radical (unpaired) electrons. The summed E-state index contributed by atoms with van der Waals surface area (Å²) in [6.45, 7) is 0.568. The molecule has 1 aliphatic rings. The zero-order valence-electron chi connectivity index (χ0n) is 12.9. The van der Waals surface area contributed by atoms with Crippen LogP contribution >= 0.6 is 0 Å². The number of ether oxygens (including phenoxy) is 1. The molecule has 2 aromatic rings. The van der Waals surface area contributed by atoms with Gasteiger partial charge in [0.25, 0.3) is 0 Å². The number of aromatic hydroxyl groups is 1. The number of rotatable bonds is 3. The molecule has 0 saturated heterocycles. The Bertz CT molecular complexity index is 657. The van der Waals surface area contributed by atoms with E-state index >= 15 is 0 Å². The third-order valence-electron chi connectivity index (χ3n) is 4.37. The van der Waals surface area contributed by atoms with Gasteiger partial charge in [0.05, 0.1) is 13.2 Å². The highest BCUT2D eigenvalue weighted by atomic mass is 16.5. The van der Waals surface area contributed by atoms with Crippen LogP contribution in [0.5, 0.6) is 11.5 Å². The van der Waals surface area contributed by atoms with Gasteiger partial charge < -0.3 is 14.9 Å². The van der Waals surface area contributed by atoms with Gasteiger partial charge in [-0.2, -0.15) is 0 Å². The van der Waals surface area contributed by atoms with Gasteiger partial charge in [0.1, 0.15) is 0 Å². The molecule has 0 bridgehead atoms. The molecule has 2 atom stereocenters. The van der Waals surface area contributed by atoms with Gasteiger partial charge in [-0.3, -0.25) is 4.90 Å². The Morgan fingerprint density at radius 2 is 1.91 bits per heavy atom. The van der Waals surface area contributed by atoms with Crippen LogP contribution in [0.25, 0.3) is 0 Å². The monoisotopic (exact) mass is 299 g/mol. The Morgan fingerprint density at radius 1 is 1.18 bits per heavy atom. The highest BCUT2D eigenvalue weighted by Gasteiger charge is 2.31. The van der Waals surface area contributed by atoms with Gasteiger partial charge in [-0.25, -0.2) is 0 Å². The molecule has 3 rings (SSSR count). The lowest BCUT2D eigenvalue weighted by Crippen LogP contribution is -2.36. The highest BCUT2D eigenvalue weighted by Crippen LogP contribution is 2.41. The number of phenolic OH excluding ortho intramolecular Hbond substituents is 1. The molecular formula is C18H21NO3. The van der Waals surface area contributed by atoms with E-state index in [4.69, 9.17) is 4.74 Å². The van der Waals surface area contributed by atoms with E-state index in [0.29, 0.717) is 12.3 Å². The number of fused-ring (bicyclic) bond motifs is 1. The molecule has 0 fully saturated rings. The Kier molecular flexibility index (Phi) is 4.05. The minimum atomic E-state index is -0.568. The number of methoxy groups -OCH3 is 1. The fraction of sp³-hybridized carbons (Fsp3) is 0.333. The first kappa shape index (κ1) is 14.9. The maximum Gasteiger partial charge on any atom is 0.160 e. The number of hydrogen-bond acceptors (Lipinski definition) is 4. The molecular weight excluding hydrogens is 278 g/mol. The van der Waals surface area contributed by atoms with Crippen LogP contribution in [0, 0.1) is 0 Å². The van der Waals surface area contributed by atoms with E-state index in [2.05, 4.69) is 17.0 Å². The molecule has 4 heteroatoms. The van der Waals surface area contributed by atoms with Crippen molar-refractivity contribution in [2.45, 2.75) is 18.6 Å². The number of phenols is 1. The molecule has 22 heavy (non-hydrogen) atoms. The summed E-state index contributed by atoms with van der Waals surface area (Å²) < 4.78 is 5.17. The van der Waals surface area contributed by atoms with Crippen LogP contribution in [0.1, 0.15) is 28.8 Å². The fourth-order valence-electron chi connectivity index (χ4n) is 3.18. The number of aliphatic hydroxyl groups is 1. The molecule has 0 aliphatic carbocycles. The number of benzene rings is 2. The second kappa shape index (κ2) is 5.99. The summed E-state index contributed by atoms with van der Waals surface area (Å²) in [5.74, 6) is 0.516. The Labute approximate surface area is 130 Å². The van der Waals surface area contributed by atoms with Crippen molar-refractivity contribution >= 4 is 0 Å². The van der Waals surface area contributed by atoms with Gasteiger partial charge in [-0.15, -0.1) is 0 Å². The molecule has 2 aromatic carbocycles. The van der Waals surface area contributed by atoms with Gasteiger partial charge in [0.15, 0.2) is 11.5 Å². The molecule has 0 aromatic heterocycles. The molecule has 1 aliphatic heterocycles. The van der Waals surface area contributed by atoms with E-state index < -0.39 is 6.10 Å². The average molecular weight is 299 g/mol. The maximum absolute atomic E-state index is 10.3.